The molecule has 0 heterocycles. The fraction of sp³-hybridized carbons (Fsp3) is 0.0556. The monoisotopic (exact) mass is 369 g/mol. The van der Waals surface area contributed by atoms with Gasteiger partial charge in [-0.2, -0.15) is 0 Å². The van der Waals surface area contributed by atoms with E-state index in [-0.39, 0.29) is 22.6 Å². The van der Waals surface area contributed by atoms with Crippen LogP contribution in [0.15, 0.2) is 54.2 Å². The van der Waals surface area contributed by atoms with Crippen molar-refractivity contribution in [2.24, 2.45) is 0 Å². The zero-order valence-corrected chi connectivity index (χ0v) is 14.1. The number of hydrogen-bond acceptors (Lipinski definition) is 5. The minimum atomic E-state index is -1.14. The second-order valence-corrected chi connectivity index (χ2v) is 5.43. The molecule has 0 saturated carbocycles. The number of carbonyl (C=O) groups excluding carboxylic acids is 2. The van der Waals surface area contributed by atoms with E-state index < -0.39 is 22.7 Å². The second-order valence-electron chi connectivity index (χ2n) is 5.43. The smallest absolute Gasteiger partial charge is 0.335 e. The Bertz CT molecular complexity index is 934. The van der Waals surface area contributed by atoms with Crippen LogP contribution in [0.25, 0.3) is 6.08 Å². The molecule has 0 atom stereocenters. The quantitative estimate of drug-likeness (QED) is 0.406. The molecule has 2 aromatic carbocycles. The molecule has 0 saturated heterocycles. The predicted molar refractivity (Wildman–Crippen MR) is 96.9 cm³/mol. The average Bonchev–Trinajstić information content (AvgIpc) is 2.61. The Morgan fingerprint density at radius 1 is 1.11 bits per heavy atom. The number of benzene rings is 2. The lowest BCUT2D eigenvalue weighted by atomic mass is 10.1. The number of nitro groups is 1. The van der Waals surface area contributed by atoms with E-state index in [1.54, 1.807) is 0 Å². The third-order valence-corrected chi connectivity index (χ3v) is 3.34. The number of carboxylic acid groups (broad SMARTS) is 1. The van der Waals surface area contributed by atoms with Crippen LogP contribution in [0, 0.1) is 10.1 Å². The maximum Gasteiger partial charge on any atom is 0.335 e. The molecular formula is C18H15N3O6. The normalized spacial score (nSPS) is 10.8. The van der Waals surface area contributed by atoms with E-state index >= 15 is 0 Å². The van der Waals surface area contributed by atoms with Gasteiger partial charge < -0.3 is 15.7 Å². The van der Waals surface area contributed by atoms with Crippen molar-refractivity contribution >= 4 is 35.2 Å². The molecule has 2 amide bonds. The highest BCUT2D eigenvalue weighted by molar-refractivity contribution is 6.08. The molecule has 2 aromatic rings. The molecule has 0 spiro atoms. The molecule has 9 nitrogen and oxygen atoms in total. The van der Waals surface area contributed by atoms with Crippen LogP contribution in [-0.4, -0.2) is 27.8 Å². The second kappa shape index (κ2) is 8.39. The highest BCUT2D eigenvalue weighted by Crippen LogP contribution is 2.16. The SMILES string of the molecule is CC(=O)NC(=Cc1ccc([N+](=O)[O-])cc1)C(=O)Nc1cccc(C(=O)O)c1. The van der Waals surface area contributed by atoms with Gasteiger partial charge in [0.05, 0.1) is 10.5 Å². The summed E-state index contributed by atoms with van der Waals surface area (Å²) < 4.78 is 0. The molecule has 0 aliphatic heterocycles. The van der Waals surface area contributed by atoms with Gasteiger partial charge in [-0.25, -0.2) is 4.79 Å². The largest absolute Gasteiger partial charge is 0.478 e. The lowest BCUT2D eigenvalue weighted by Gasteiger charge is -2.10. The Kier molecular flexibility index (Phi) is 6.00. The number of nitro benzene ring substituents is 1. The highest BCUT2D eigenvalue weighted by Gasteiger charge is 2.13. The number of hydrogen-bond donors (Lipinski definition) is 3. The van der Waals surface area contributed by atoms with E-state index in [2.05, 4.69) is 10.6 Å². The van der Waals surface area contributed by atoms with Gasteiger partial charge in [0.1, 0.15) is 5.70 Å². The first-order chi connectivity index (χ1) is 12.8. The van der Waals surface area contributed by atoms with Gasteiger partial charge in [0.15, 0.2) is 0 Å². The summed E-state index contributed by atoms with van der Waals surface area (Å²) in [5.74, 6) is -2.31. The van der Waals surface area contributed by atoms with Crippen molar-refractivity contribution in [3.8, 4) is 0 Å². The first-order valence-electron chi connectivity index (χ1n) is 7.64. The molecule has 138 valence electrons. The number of anilines is 1. The van der Waals surface area contributed by atoms with Gasteiger partial charge in [0.25, 0.3) is 11.6 Å². The van der Waals surface area contributed by atoms with Gasteiger partial charge in [0, 0.05) is 24.7 Å². The van der Waals surface area contributed by atoms with Crippen molar-refractivity contribution in [1.29, 1.82) is 0 Å². The number of amides is 2. The minimum absolute atomic E-state index is 0.00627. The molecule has 2 rings (SSSR count). The Morgan fingerprint density at radius 3 is 2.33 bits per heavy atom. The van der Waals surface area contributed by atoms with Crippen LogP contribution in [0.5, 0.6) is 0 Å². The predicted octanol–water partition coefficient (Wildman–Crippen LogP) is 2.41. The van der Waals surface area contributed by atoms with E-state index in [1.165, 1.54) is 61.5 Å². The van der Waals surface area contributed by atoms with Gasteiger partial charge in [0.2, 0.25) is 5.91 Å². The molecule has 27 heavy (non-hydrogen) atoms. The molecule has 9 heteroatoms. The third-order valence-electron chi connectivity index (χ3n) is 3.34. The average molecular weight is 369 g/mol. The summed E-state index contributed by atoms with van der Waals surface area (Å²) in [5, 5.41) is 24.6. The van der Waals surface area contributed by atoms with E-state index in [1.807, 2.05) is 0 Å². The van der Waals surface area contributed by atoms with Crippen LogP contribution in [0.1, 0.15) is 22.8 Å². The molecule has 0 radical (unpaired) electrons. The van der Waals surface area contributed by atoms with Crippen molar-refractivity contribution in [2.45, 2.75) is 6.92 Å². The van der Waals surface area contributed by atoms with E-state index in [0.717, 1.165) is 0 Å². The van der Waals surface area contributed by atoms with Crippen molar-refractivity contribution in [3.05, 3.63) is 75.5 Å². The summed E-state index contributed by atoms with van der Waals surface area (Å²) in [5.41, 5.74) is 0.479. The molecule has 0 aliphatic rings. The molecule has 0 unspecified atom stereocenters. The number of carbonyl (C=O) groups is 3. The van der Waals surface area contributed by atoms with Crippen molar-refractivity contribution in [2.75, 3.05) is 5.32 Å². The number of non-ortho nitro benzene ring substituents is 1. The van der Waals surface area contributed by atoms with Crippen LogP contribution in [-0.2, 0) is 9.59 Å². The molecular weight excluding hydrogens is 354 g/mol. The van der Waals surface area contributed by atoms with Crippen molar-refractivity contribution in [1.82, 2.24) is 5.32 Å². The van der Waals surface area contributed by atoms with Crippen LogP contribution in [0.3, 0.4) is 0 Å². The van der Waals surface area contributed by atoms with E-state index in [4.69, 9.17) is 5.11 Å². The molecule has 0 fully saturated rings. The molecule has 3 N–H and O–H groups in total. The summed E-state index contributed by atoms with van der Waals surface area (Å²) in [4.78, 5) is 45.0. The molecule has 0 aromatic heterocycles. The van der Waals surface area contributed by atoms with E-state index in [0.29, 0.717) is 5.56 Å². The Labute approximate surface area is 153 Å². The topological polar surface area (TPSA) is 139 Å². The van der Waals surface area contributed by atoms with Gasteiger partial charge >= 0.3 is 5.97 Å². The maximum absolute atomic E-state index is 12.5. The Balaban J connectivity index is 2.28. The number of nitrogens with one attached hydrogen (secondary N) is 2. The minimum Gasteiger partial charge on any atom is -0.478 e. The van der Waals surface area contributed by atoms with Crippen LogP contribution < -0.4 is 10.6 Å². The fourth-order valence-corrected chi connectivity index (χ4v) is 2.14. The van der Waals surface area contributed by atoms with Crippen molar-refractivity contribution in [3.63, 3.8) is 0 Å². The highest BCUT2D eigenvalue weighted by atomic mass is 16.6. The summed E-state index contributed by atoms with van der Waals surface area (Å²) in [6.07, 6.45) is 1.35. The van der Waals surface area contributed by atoms with Gasteiger partial charge in [-0.15, -0.1) is 0 Å². The summed E-state index contributed by atoms with van der Waals surface area (Å²) in [6, 6.07) is 11.0. The summed E-state index contributed by atoms with van der Waals surface area (Å²) >= 11 is 0. The Hall–Kier alpha value is -4.01. The summed E-state index contributed by atoms with van der Waals surface area (Å²) in [7, 11) is 0. The standard InChI is InChI=1S/C18H15N3O6/c1-11(22)19-16(9-12-5-7-15(8-6-12)21(26)27)17(23)20-14-4-2-3-13(10-14)18(24)25/h2-10H,1H3,(H,19,22)(H,20,23)(H,24,25). The van der Waals surface area contributed by atoms with Gasteiger partial charge in [-0.3, -0.25) is 19.7 Å². The lowest BCUT2D eigenvalue weighted by Crippen LogP contribution is -2.29. The number of carboxylic acids is 1. The number of nitrogens with zero attached hydrogens (tertiary/aromatic N) is 1. The van der Waals surface area contributed by atoms with Crippen LogP contribution in [0.4, 0.5) is 11.4 Å². The zero-order chi connectivity index (χ0) is 20.0. The number of rotatable bonds is 6. The first kappa shape index (κ1) is 19.3. The summed E-state index contributed by atoms with van der Waals surface area (Å²) in [6.45, 7) is 1.22. The lowest BCUT2D eigenvalue weighted by molar-refractivity contribution is -0.384. The maximum atomic E-state index is 12.5. The first-order valence-corrected chi connectivity index (χ1v) is 7.64. The van der Waals surface area contributed by atoms with Gasteiger partial charge in [-0.1, -0.05) is 6.07 Å². The zero-order valence-electron chi connectivity index (χ0n) is 14.1. The molecule has 0 aliphatic carbocycles. The van der Waals surface area contributed by atoms with Gasteiger partial charge in [-0.05, 0) is 42.0 Å². The van der Waals surface area contributed by atoms with Crippen molar-refractivity contribution < 1.29 is 24.4 Å². The van der Waals surface area contributed by atoms with Crippen LogP contribution >= 0.6 is 0 Å². The fourth-order valence-electron chi connectivity index (χ4n) is 2.14. The third kappa shape index (κ3) is 5.49. The van der Waals surface area contributed by atoms with E-state index in [9.17, 15) is 24.5 Å². The number of aromatic carboxylic acids is 1. The van der Waals surface area contributed by atoms with Crippen LogP contribution in [0.2, 0.25) is 0 Å². The Morgan fingerprint density at radius 2 is 1.78 bits per heavy atom. The molecule has 0 bridgehead atoms.